The second-order valence-corrected chi connectivity index (χ2v) is 9.05. The van der Waals surface area contributed by atoms with Crippen molar-refractivity contribution >= 4 is 28.2 Å². The highest BCUT2D eigenvalue weighted by Crippen LogP contribution is 2.20. The summed E-state index contributed by atoms with van der Waals surface area (Å²) in [6.07, 6.45) is 1.65. The van der Waals surface area contributed by atoms with Crippen molar-refractivity contribution in [3.63, 3.8) is 0 Å². The molecule has 2 aromatic heterocycles. The largest absolute Gasteiger partial charge is 0.378 e. The first-order valence-electron chi connectivity index (χ1n) is 11.5. The second-order valence-electron chi connectivity index (χ2n) is 8.61. The van der Waals surface area contributed by atoms with Crippen LogP contribution in [0.15, 0.2) is 64.2 Å². The van der Waals surface area contributed by atoms with E-state index in [1.807, 2.05) is 6.92 Å². The minimum absolute atomic E-state index is 0.119. The molecule has 0 saturated carbocycles. The van der Waals surface area contributed by atoms with Crippen molar-refractivity contribution in [3.8, 4) is 5.69 Å². The maximum Gasteiger partial charge on any atom is 0.280 e. The molecule has 1 fully saturated rings. The molecule has 1 saturated heterocycles. The number of aryl methyl sites for hydroxylation is 2. The van der Waals surface area contributed by atoms with Crippen molar-refractivity contribution in [1.82, 2.24) is 14.3 Å². The number of ether oxygens (including phenoxy) is 1. The van der Waals surface area contributed by atoms with Crippen LogP contribution >= 0.6 is 11.6 Å². The van der Waals surface area contributed by atoms with Crippen LogP contribution in [0.4, 0.5) is 5.69 Å². The molecule has 1 aliphatic heterocycles. The summed E-state index contributed by atoms with van der Waals surface area (Å²) in [6.45, 7) is 5.70. The van der Waals surface area contributed by atoms with Crippen LogP contribution in [0, 0.1) is 6.92 Å². The zero-order valence-electron chi connectivity index (χ0n) is 19.1. The Morgan fingerprint density at radius 2 is 1.76 bits per heavy atom. The lowest BCUT2D eigenvalue weighted by Gasteiger charge is -2.29. The van der Waals surface area contributed by atoms with Crippen LogP contribution in [0.1, 0.15) is 17.7 Å². The van der Waals surface area contributed by atoms with Crippen LogP contribution in [0.2, 0.25) is 5.02 Å². The number of aromatic nitrogens is 3. The molecule has 4 aromatic rings. The Morgan fingerprint density at radius 1 is 1.00 bits per heavy atom. The van der Waals surface area contributed by atoms with Gasteiger partial charge in [0.05, 0.1) is 29.8 Å². The summed E-state index contributed by atoms with van der Waals surface area (Å²) in [5.74, 6) is 0. The first kappa shape index (κ1) is 22.5. The number of nitrogens with zero attached hydrogens (tertiary/aromatic N) is 3. The summed E-state index contributed by atoms with van der Waals surface area (Å²) in [6, 6.07) is 17.1. The molecule has 7 nitrogen and oxygen atoms in total. The smallest absolute Gasteiger partial charge is 0.280 e. The van der Waals surface area contributed by atoms with Gasteiger partial charge in [-0.1, -0.05) is 29.8 Å². The first-order chi connectivity index (χ1) is 16.5. The quantitative estimate of drug-likeness (QED) is 0.456. The fourth-order valence-electron chi connectivity index (χ4n) is 4.66. The average Bonchev–Trinajstić information content (AvgIpc) is 3.18. The molecule has 0 unspecified atom stereocenters. The second kappa shape index (κ2) is 9.52. The minimum atomic E-state index is -0.193. The molecular weight excluding hydrogens is 452 g/mol. The van der Waals surface area contributed by atoms with Crippen LogP contribution in [0.3, 0.4) is 0 Å². The number of H-pyrrole nitrogens is 1. The molecule has 8 heteroatoms. The number of halogens is 1. The van der Waals surface area contributed by atoms with Gasteiger partial charge in [0, 0.05) is 42.1 Å². The number of fused-ring (bicyclic) bond motifs is 1. The molecule has 34 heavy (non-hydrogen) atoms. The Labute approximate surface area is 202 Å². The minimum Gasteiger partial charge on any atom is -0.378 e. The van der Waals surface area contributed by atoms with E-state index in [1.165, 1.54) is 22.0 Å². The number of rotatable bonds is 6. The van der Waals surface area contributed by atoms with Gasteiger partial charge in [0.15, 0.2) is 0 Å². The summed E-state index contributed by atoms with van der Waals surface area (Å²) in [7, 11) is 0. The van der Waals surface area contributed by atoms with Crippen molar-refractivity contribution < 1.29 is 4.74 Å². The number of anilines is 1. The molecule has 0 spiro atoms. The molecule has 0 aliphatic carbocycles. The van der Waals surface area contributed by atoms with Gasteiger partial charge in [-0.05, 0) is 55.7 Å². The van der Waals surface area contributed by atoms with E-state index in [-0.39, 0.29) is 11.1 Å². The summed E-state index contributed by atoms with van der Waals surface area (Å²) >= 11 is 6.10. The molecule has 1 N–H and O–H groups in total. The van der Waals surface area contributed by atoms with Crippen LogP contribution < -0.4 is 16.0 Å². The Morgan fingerprint density at radius 3 is 2.56 bits per heavy atom. The molecular formula is C26H27ClN4O3. The van der Waals surface area contributed by atoms with E-state index >= 15 is 0 Å². The Bertz CT molecular complexity index is 1450. The number of hydrogen-bond donors (Lipinski definition) is 1. The van der Waals surface area contributed by atoms with Crippen molar-refractivity contribution in [2.75, 3.05) is 31.2 Å². The Hall–Kier alpha value is -3.29. The van der Waals surface area contributed by atoms with Crippen LogP contribution in [-0.2, 0) is 17.7 Å². The van der Waals surface area contributed by atoms with Crippen LogP contribution in [-0.4, -0.2) is 40.7 Å². The highest BCUT2D eigenvalue weighted by atomic mass is 35.5. The molecule has 176 valence electrons. The SMILES string of the molecule is Cc1c2c(=O)n(-c3cccc(Cl)c3)[nH]c2cc(=O)n1CCCc1cccc(N2CCOCC2)c1. The Balaban J connectivity index is 1.37. The summed E-state index contributed by atoms with van der Waals surface area (Å²) in [5, 5.41) is 4.12. The normalized spacial score (nSPS) is 14.1. The van der Waals surface area contributed by atoms with E-state index in [2.05, 4.69) is 34.3 Å². The molecule has 0 atom stereocenters. The van der Waals surface area contributed by atoms with Gasteiger partial charge in [0.1, 0.15) is 0 Å². The van der Waals surface area contributed by atoms with Crippen molar-refractivity contribution in [3.05, 3.63) is 91.6 Å². The molecule has 3 heterocycles. The van der Waals surface area contributed by atoms with Gasteiger partial charge in [-0.2, -0.15) is 0 Å². The predicted molar refractivity (Wildman–Crippen MR) is 136 cm³/mol. The number of pyridine rings is 1. The highest BCUT2D eigenvalue weighted by Gasteiger charge is 2.16. The highest BCUT2D eigenvalue weighted by molar-refractivity contribution is 6.30. The number of nitrogens with one attached hydrogen (secondary N) is 1. The van der Waals surface area contributed by atoms with E-state index < -0.39 is 0 Å². The maximum absolute atomic E-state index is 13.2. The van der Waals surface area contributed by atoms with Crippen molar-refractivity contribution in [2.45, 2.75) is 26.3 Å². The number of aromatic amines is 1. The molecule has 0 bridgehead atoms. The average molecular weight is 479 g/mol. The summed E-state index contributed by atoms with van der Waals surface area (Å²) in [5.41, 5.74) is 3.97. The fourth-order valence-corrected chi connectivity index (χ4v) is 4.84. The van der Waals surface area contributed by atoms with E-state index in [0.29, 0.717) is 33.9 Å². The monoisotopic (exact) mass is 478 g/mol. The number of morpholine rings is 1. The van der Waals surface area contributed by atoms with Crippen LogP contribution in [0.5, 0.6) is 0 Å². The molecule has 0 radical (unpaired) electrons. The van der Waals surface area contributed by atoms with Gasteiger partial charge in [-0.3, -0.25) is 14.7 Å². The van der Waals surface area contributed by atoms with Crippen molar-refractivity contribution in [1.29, 1.82) is 0 Å². The third-order valence-electron chi connectivity index (χ3n) is 6.42. The van der Waals surface area contributed by atoms with E-state index in [0.717, 1.165) is 39.1 Å². The third-order valence-corrected chi connectivity index (χ3v) is 6.65. The zero-order valence-corrected chi connectivity index (χ0v) is 19.8. The summed E-state index contributed by atoms with van der Waals surface area (Å²) in [4.78, 5) is 28.4. The molecule has 1 aliphatic rings. The van der Waals surface area contributed by atoms with Crippen molar-refractivity contribution in [2.24, 2.45) is 0 Å². The van der Waals surface area contributed by atoms with Gasteiger partial charge >= 0.3 is 0 Å². The molecule has 2 aromatic carbocycles. The molecule has 0 amide bonds. The lowest BCUT2D eigenvalue weighted by Crippen LogP contribution is -2.36. The van der Waals surface area contributed by atoms with Gasteiger partial charge in [-0.25, -0.2) is 4.68 Å². The maximum atomic E-state index is 13.2. The number of benzene rings is 2. The summed E-state index contributed by atoms with van der Waals surface area (Å²) < 4.78 is 8.59. The fraction of sp³-hybridized carbons (Fsp3) is 0.308. The van der Waals surface area contributed by atoms with E-state index in [1.54, 1.807) is 28.8 Å². The lowest BCUT2D eigenvalue weighted by molar-refractivity contribution is 0.122. The third kappa shape index (κ3) is 4.41. The zero-order chi connectivity index (χ0) is 23.7. The van der Waals surface area contributed by atoms with E-state index in [9.17, 15) is 9.59 Å². The van der Waals surface area contributed by atoms with Gasteiger partial charge in [-0.15, -0.1) is 0 Å². The van der Waals surface area contributed by atoms with E-state index in [4.69, 9.17) is 16.3 Å². The van der Waals surface area contributed by atoms with Gasteiger partial charge in [0.25, 0.3) is 11.1 Å². The number of hydrogen-bond acceptors (Lipinski definition) is 4. The lowest BCUT2D eigenvalue weighted by atomic mass is 10.1. The predicted octanol–water partition coefficient (Wildman–Crippen LogP) is 3.91. The van der Waals surface area contributed by atoms with Gasteiger partial charge in [0.2, 0.25) is 0 Å². The Kier molecular flexibility index (Phi) is 6.30. The standard InChI is InChI=1S/C26H27ClN4O3/c1-18-25-23(28-31(26(25)33)22-9-3-7-20(27)16-22)17-24(32)30(18)10-4-6-19-5-2-8-21(15-19)29-11-13-34-14-12-29/h2-3,5,7-9,15-17,28H,4,6,10-14H2,1H3. The van der Waals surface area contributed by atoms with Gasteiger partial charge < -0.3 is 14.2 Å². The molecule has 5 rings (SSSR count). The first-order valence-corrected chi connectivity index (χ1v) is 11.9. The van der Waals surface area contributed by atoms with Crippen LogP contribution in [0.25, 0.3) is 16.6 Å². The topological polar surface area (TPSA) is 72.3 Å².